The maximum atomic E-state index is 12.9. The molecule has 140 valence electrons. The van der Waals surface area contributed by atoms with Crippen LogP contribution >= 0.6 is 0 Å². The van der Waals surface area contributed by atoms with Crippen molar-refractivity contribution >= 4 is 22.8 Å². The highest BCUT2D eigenvalue weighted by atomic mass is 16.5. The second kappa shape index (κ2) is 7.68. The van der Waals surface area contributed by atoms with Gasteiger partial charge in [0.2, 0.25) is 0 Å². The maximum absolute atomic E-state index is 12.9. The standard InChI is InChI=1S/C19H24N2O5/c1-4-26-19(23)12-6-5-7-21(11-12)18(22)15-8-13-9-16(24-2)17(25-3)10-14(13)20-15/h8-10,12,20H,4-7,11H2,1-3H3/t12-/m1/s1. The number of methoxy groups -OCH3 is 2. The number of carbonyl (C=O) groups is 2. The van der Waals surface area contributed by atoms with E-state index in [9.17, 15) is 9.59 Å². The van der Waals surface area contributed by atoms with Crippen LogP contribution < -0.4 is 9.47 Å². The van der Waals surface area contributed by atoms with Crippen molar-refractivity contribution in [1.82, 2.24) is 9.88 Å². The first kappa shape index (κ1) is 18.1. The first-order chi connectivity index (χ1) is 12.6. The van der Waals surface area contributed by atoms with Crippen molar-refractivity contribution in [3.05, 3.63) is 23.9 Å². The minimum atomic E-state index is -0.253. The molecule has 0 bridgehead atoms. The molecule has 1 amide bonds. The number of ether oxygens (including phenoxy) is 3. The van der Waals surface area contributed by atoms with Gasteiger partial charge in [-0.15, -0.1) is 0 Å². The lowest BCUT2D eigenvalue weighted by atomic mass is 9.98. The van der Waals surface area contributed by atoms with E-state index >= 15 is 0 Å². The number of H-pyrrole nitrogens is 1. The van der Waals surface area contributed by atoms with E-state index in [1.807, 2.05) is 12.1 Å². The van der Waals surface area contributed by atoms with Gasteiger partial charge in [0.25, 0.3) is 5.91 Å². The van der Waals surface area contributed by atoms with Gasteiger partial charge in [-0.25, -0.2) is 0 Å². The lowest BCUT2D eigenvalue weighted by Gasteiger charge is -2.31. The average molecular weight is 360 g/mol. The van der Waals surface area contributed by atoms with Crippen LogP contribution in [0.15, 0.2) is 18.2 Å². The summed E-state index contributed by atoms with van der Waals surface area (Å²) >= 11 is 0. The normalized spacial score (nSPS) is 17.2. The van der Waals surface area contributed by atoms with Crippen LogP contribution in [0.3, 0.4) is 0 Å². The zero-order valence-electron chi connectivity index (χ0n) is 15.3. The number of nitrogens with one attached hydrogen (secondary N) is 1. The van der Waals surface area contributed by atoms with Crippen molar-refractivity contribution in [2.45, 2.75) is 19.8 Å². The van der Waals surface area contributed by atoms with Crippen LogP contribution in [-0.2, 0) is 9.53 Å². The lowest BCUT2D eigenvalue weighted by molar-refractivity contribution is -0.149. The number of aromatic nitrogens is 1. The Labute approximate surface area is 152 Å². The number of hydrogen-bond donors (Lipinski definition) is 1. The average Bonchev–Trinajstić information content (AvgIpc) is 3.09. The van der Waals surface area contributed by atoms with Gasteiger partial charge in [-0.2, -0.15) is 0 Å². The molecule has 0 saturated carbocycles. The van der Waals surface area contributed by atoms with Crippen LogP contribution in [0.25, 0.3) is 10.9 Å². The first-order valence-corrected chi connectivity index (χ1v) is 8.78. The second-order valence-corrected chi connectivity index (χ2v) is 6.32. The third-order valence-electron chi connectivity index (χ3n) is 4.68. The molecule has 1 aliphatic rings. The monoisotopic (exact) mass is 360 g/mol. The number of likely N-dealkylation sites (tertiary alicyclic amines) is 1. The molecule has 1 fully saturated rings. The van der Waals surface area contributed by atoms with Crippen LogP contribution in [0.4, 0.5) is 0 Å². The lowest BCUT2D eigenvalue weighted by Crippen LogP contribution is -2.42. The van der Waals surface area contributed by atoms with Crippen LogP contribution in [0.5, 0.6) is 11.5 Å². The smallest absolute Gasteiger partial charge is 0.310 e. The minimum Gasteiger partial charge on any atom is -0.493 e. The number of nitrogens with zero attached hydrogens (tertiary/aromatic N) is 1. The Morgan fingerprint density at radius 1 is 1.19 bits per heavy atom. The summed E-state index contributed by atoms with van der Waals surface area (Å²) in [6, 6.07) is 5.44. The molecule has 1 aromatic carbocycles. The number of amides is 1. The number of esters is 1. The predicted octanol–water partition coefficient (Wildman–Crippen LogP) is 2.60. The molecule has 0 unspecified atom stereocenters. The minimum absolute atomic E-state index is 0.117. The second-order valence-electron chi connectivity index (χ2n) is 6.32. The van der Waals surface area contributed by atoms with Gasteiger partial charge in [-0.1, -0.05) is 0 Å². The summed E-state index contributed by atoms with van der Waals surface area (Å²) in [5.41, 5.74) is 1.28. The summed E-state index contributed by atoms with van der Waals surface area (Å²) in [5.74, 6) is 0.612. The molecule has 1 aromatic heterocycles. The Morgan fingerprint density at radius 3 is 2.62 bits per heavy atom. The molecule has 2 heterocycles. The summed E-state index contributed by atoms with van der Waals surface area (Å²) in [6.45, 7) is 3.17. The fourth-order valence-electron chi connectivity index (χ4n) is 3.36. The zero-order valence-corrected chi connectivity index (χ0v) is 15.3. The predicted molar refractivity (Wildman–Crippen MR) is 96.7 cm³/mol. The molecule has 1 saturated heterocycles. The molecule has 1 N–H and O–H groups in total. The quantitative estimate of drug-likeness (QED) is 0.829. The van der Waals surface area contributed by atoms with Crippen molar-refractivity contribution in [2.24, 2.45) is 5.92 Å². The highest BCUT2D eigenvalue weighted by molar-refractivity contribution is 5.99. The first-order valence-electron chi connectivity index (χ1n) is 8.78. The molecule has 1 aliphatic heterocycles. The molecule has 0 spiro atoms. The van der Waals surface area contributed by atoms with Gasteiger partial charge < -0.3 is 24.1 Å². The summed E-state index contributed by atoms with van der Waals surface area (Å²) in [7, 11) is 3.15. The number of aromatic amines is 1. The number of hydrogen-bond acceptors (Lipinski definition) is 5. The summed E-state index contributed by atoms with van der Waals surface area (Å²) in [4.78, 5) is 29.7. The largest absolute Gasteiger partial charge is 0.493 e. The third-order valence-corrected chi connectivity index (χ3v) is 4.68. The van der Waals surface area contributed by atoms with Crippen molar-refractivity contribution in [3.63, 3.8) is 0 Å². The number of carbonyl (C=O) groups excluding carboxylic acids is 2. The maximum Gasteiger partial charge on any atom is 0.310 e. The molecular weight excluding hydrogens is 336 g/mol. The van der Waals surface area contributed by atoms with Crippen LogP contribution in [0, 0.1) is 5.92 Å². The van der Waals surface area contributed by atoms with Gasteiger partial charge in [0, 0.05) is 30.1 Å². The Bertz CT molecular complexity index is 773. The van der Waals surface area contributed by atoms with Crippen LogP contribution in [-0.4, -0.2) is 55.7 Å². The number of benzene rings is 1. The van der Waals surface area contributed by atoms with Crippen LogP contribution in [0.1, 0.15) is 30.3 Å². The van der Waals surface area contributed by atoms with E-state index in [-0.39, 0.29) is 17.8 Å². The van der Waals surface area contributed by atoms with Gasteiger partial charge in [-0.05, 0) is 31.9 Å². The van der Waals surface area contributed by atoms with Gasteiger partial charge in [-0.3, -0.25) is 9.59 Å². The van der Waals surface area contributed by atoms with Crippen LogP contribution in [0.2, 0.25) is 0 Å². The van der Waals surface area contributed by atoms with E-state index < -0.39 is 0 Å². The van der Waals surface area contributed by atoms with Crippen molar-refractivity contribution < 1.29 is 23.8 Å². The molecule has 0 aliphatic carbocycles. The molecule has 1 atom stereocenters. The SMILES string of the molecule is CCOC(=O)[C@@H]1CCCN(C(=O)c2cc3cc(OC)c(OC)cc3[nH]2)C1. The van der Waals surface area contributed by atoms with E-state index in [1.165, 1.54) is 0 Å². The van der Waals surface area contributed by atoms with Crippen molar-refractivity contribution in [3.8, 4) is 11.5 Å². The zero-order chi connectivity index (χ0) is 18.7. The molecule has 7 nitrogen and oxygen atoms in total. The fourth-order valence-corrected chi connectivity index (χ4v) is 3.36. The van der Waals surface area contributed by atoms with Gasteiger partial charge in [0.15, 0.2) is 11.5 Å². The van der Waals surface area contributed by atoms with E-state index in [0.29, 0.717) is 36.9 Å². The van der Waals surface area contributed by atoms with E-state index in [4.69, 9.17) is 14.2 Å². The number of fused-ring (bicyclic) bond motifs is 1. The molecule has 3 rings (SSSR count). The Hall–Kier alpha value is -2.70. The number of rotatable bonds is 5. The van der Waals surface area contributed by atoms with E-state index in [1.54, 1.807) is 32.1 Å². The van der Waals surface area contributed by atoms with Crippen molar-refractivity contribution in [1.29, 1.82) is 0 Å². The molecule has 26 heavy (non-hydrogen) atoms. The number of piperidine rings is 1. The van der Waals surface area contributed by atoms with E-state index in [2.05, 4.69) is 4.98 Å². The highest BCUT2D eigenvalue weighted by Gasteiger charge is 2.30. The Kier molecular flexibility index (Phi) is 5.35. The topological polar surface area (TPSA) is 80.9 Å². The molecule has 0 radical (unpaired) electrons. The molecule has 2 aromatic rings. The summed E-state index contributed by atoms with van der Waals surface area (Å²) < 4.78 is 15.7. The van der Waals surface area contributed by atoms with Crippen molar-refractivity contribution in [2.75, 3.05) is 33.9 Å². The van der Waals surface area contributed by atoms with Gasteiger partial charge in [0.05, 0.1) is 26.7 Å². The third kappa shape index (κ3) is 3.47. The molecule has 7 heteroatoms. The Morgan fingerprint density at radius 2 is 1.92 bits per heavy atom. The summed E-state index contributed by atoms with van der Waals surface area (Å²) in [6.07, 6.45) is 1.54. The van der Waals surface area contributed by atoms with Gasteiger partial charge in [0.1, 0.15) is 5.69 Å². The Balaban J connectivity index is 1.81. The van der Waals surface area contributed by atoms with E-state index in [0.717, 1.165) is 23.7 Å². The highest BCUT2D eigenvalue weighted by Crippen LogP contribution is 2.32. The van der Waals surface area contributed by atoms with Gasteiger partial charge >= 0.3 is 5.97 Å². The fraction of sp³-hybridized carbons (Fsp3) is 0.474. The molecular formula is C19H24N2O5. The summed E-state index contributed by atoms with van der Waals surface area (Å²) in [5, 5.41) is 0.866.